The van der Waals surface area contributed by atoms with Gasteiger partial charge >= 0.3 is 0 Å². The minimum Gasteiger partial charge on any atom is -0.299 e. The third-order valence-electron chi connectivity index (χ3n) is 3.65. The fraction of sp³-hybridized carbons (Fsp3) is 0.250. The van der Waals surface area contributed by atoms with E-state index in [0.717, 1.165) is 5.75 Å². The highest BCUT2D eigenvalue weighted by Crippen LogP contribution is 2.17. The second-order valence-corrected chi connectivity index (χ2v) is 6.63. The van der Waals surface area contributed by atoms with Crippen LogP contribution in [0.2, 0.25) is 0 Å². The number of ketones is 3. The molecular weight excluding hydrogens is 320 g/mol. The van der Waals surface area contributed by atoms with Gasteiger partial charge in [0.1, 0.15) is 11.7 Å². The Balaban J connectivity index is 1.90. The van der Waals surface area contributed by atoms with Gasteiger partial charge in [-0.15, -0.1) is 0 Å². The first-order chi connectivity index (χ1) is 11.6. The number of Topliss-reactive ketones (excluding diaryl/α,β-unsaturated/α-hetero) is 3. The van der Waals surface area contributed by atoms with Crippen LogP contribution in [-0.2, 0) is 15.3 Å². The van der Waals surface area contributed by atoms with E-state index in [9.17, 15) is 14.4 Å². The Labute approximate surface area is 146 Å². The highest BCUT2D eigenvalue weighted by Gasteiger charge is 2.30. The molecule has 0 aliphatic heterocycles. The molecule has 2 rings (SSSR count). The van der Waals surface area contributed by atoms with Crippen LogP contribution < -0.4 is 0 Å². The molecule has 2 aromatic rings. The molecule has 3 nitrogen and oxygen atoms in total. The van der Waals surface area contributed by atoms with E-state index in [1.54, 1.807) is 42.1 Å². The minimum absolute atomic E-state index is 0.223. The summed E-state index contributed by atoms with van der Waals surface area (Å²) in [6, 6.07) is 18.5. The third-order valence-corrected chi connectivity index (χ3v) is 4.68. The molecule has 0 spiro atoms. The van der Waals surface area contributed by atoms with Crippen LogP contribution in [0.3, 0.4) is 0 Å². The van der Waals surface area contributed by atoms with Crippen molar-refractivity contribution in [1.82, 2.24) is 0 Å². The summed E-state index contributed by atoms with van der Waals surface area (Å²) < 4.78 is 0. The SMILES string of the molecule is CC(=O)C(C(=O)CCSCc1ccccc1)C(=O)c1ccccc1. The second kappa shape index (κ2) is 9.18. The molecule has 0 aliphatic rings. The van der Waals surface area contributed by atoms with Crippen molar-refractivity contribution in [1.29, 1.82) is 0 Å². The summed E-state index contributed by atoms with van der Waals surface area (Å²) in [5, 5.41) is 0. The van der Waals surface area contributed by atoms with Gasteiger partial charge < -0.3 is 0 Å². The Kier molecular flexibility index (Phi) is 6.94. The monoisotopic (exact) mass is 340 g/mol. The van der Waals surface area contributed by atoms with Gasteiger partial charge in [-0.3, -0.25) is 14.4 Å². The Hall–Kier alpha value is -2.20. The van der Waals surface area contributed by atoms with Crippen molar-refractivity contribution in [2.24, 2.45) is 5.92 Å². The number of carbonyl (C=O) groups excluding carboxylic acids is 3. The fourth-order valence-corrected chi connectivity index (χ4v) is 3.33. The van der Waals surface area contributed by atoms with Gasteiger partial charge in [0.15, 0.2) is 11.6 Å². The fourth-order valence-electron chi connectivity index (χ4n) is 2.41. The minimum atomic E-state index is -1.18. The topological polar surface area (TPSA) is 51.2 Å². The van der Waals surface area contributed by atoms with E-state index in [-0.39, 0.29) is 18.0 Å². The van der Waals surface area contributed by atoms with E-state index >= 15 is 0 Å². The lowest BCUT2D eigenvalue weighted by molar-refractivity contribution is -0.129. The lowest BCUT2D eigenvalue weighted by Gasteiger charge is -2.12. The molecule has 24 heavy (non-hydrogen) atoms. The van der Waals surface area contributed by atoms with Gasteiger partial charge in [-0.2, -0.15) is 11.8 Å². The maximum absolute atomic E-state index is 12.4. The van der Waals surface area contributed by atoms with Crippen molar-refractivity contribution in [2.75, 3.05) is 5.75 Å². The molecule has 0 bridgehead atoms. The summed E-state index contributed by atoms with van der Waals surface area (Å²) in [6.45, 7) is 1.31. The summed E-state index contributed by atoms with van der Waals surface area (Å²) >= 11 is 1.63. The Morgan fingerprint density at radius 3 is 2.08 bits per heavy atom. The first-order valence-electron chi connectivity index (χ1n) is 7.83. The highest BCUT2D eigenvalue weighted by atomic mass is 32.2. The number of hydrogen-bond donors (Lipinski definition) is 0. The van der Waals surface area contributed by atoms with Crippen molar-refractivity contribution < 1.29 is 14.4 Å². The second-order valence-electron chi connectivity index (χ2n) is 5.53. The first-order valence-corrected chi connectivity index (χ1v) is 8.99. The summed E-state index contributed by atoms with van der Waals surface area (Å²) in [7, 11) is 0. The normalized spacial score (nSPS) is 11.7. The smallest absolute Gasteiger partial charge is 0.180 e. The van der Waals surface area contributed by atoms with E-state index in [0.29, 0.717) is 11.3 Å². The molecule has 0 heterocycles. The average Bonchev–Trinajstić information content (AvgIpc) is 2.60. The molecule has 0 aliphatic carbocycles. The molecule has 0 saturated carbocycles. The van der Waals surface area contributed by atoms with Crippen molar-refractivity contribution in [3.05, 3.63) is 71.8 Å². The zero-order chi connectivity index (χ0) is 17.4. The van der Waals surface area contributed by atoms with Crippen LogP contribution in [0.5, 0.6) is 0 Å². The van der Waals surface area contributed by atoms with Crippen molar-refractivity contribution in [3.63, 3.8) is 0 Å². The van der Waals surface area contributed by atoms with Crippen molar-refractivity contribution in [2.45, 2.75) is 19.1 Å². The predicted octanol–water partition coefficient (Wildman–Crippen LogP) is 3.97. The molecule has 0 N–H and O–H groups in total. The van der Waals surface area contributed by atoms with Crippen LogP contribution in [0.4, 0.5) is 0 Å². The molecule has 1 unspecified atom stereocenters. The lowest BCUT2D eigenvalue weighted by Crippen LogP contribution is -2.30. The highest BCUT2D eigenvalue weighted by molar-refractivity contribution is 7.98. The number of benzene rings is 2. The van der Waals surface area contributed by atoms with Gasteiger partial charge in [0.05, 0.1) is 0 Å². The van der Waals surface area contributed by atoms with Crippen molar-refractivity contribution >= 4 is 29.1 Å². The van der Waals surface area contributed by atoms with E-state index in [2.05, 4.69) is 0 Å². The standard InChI is InChI=1S/C20H20O3S/c1-15(21)19(20(23)17-10-6-3-7-11-17)18(22)12-13-24-14-16-8-4-2-5-9-16/h2-11,19H,12-14H2,1H3. The zero-order valence-electron chi connectivity index (χ0n) is 13.6. The number of thioether (sulfide) groups is 1. The summed E-state index contributed by atoms with van der Waals surface area (Å²) in [5.74, 6) is -0.852. The van der Waals surface area contributed by atoms with Gasteiger partial charge in [0.2, 0.25) is 0 Å². The molecule has 2 aromatic carbocycles. The summed E-state index contributed by atoms with van der Waals surface area (Å²) in [6.07, 6.45) is 0.223. The van der Waals surface area contributed by atoms with E-state index in [4.69, 9.17) is 0 Å². The summed E-state index contributed by atoms with van der Waals surface area (Å²) in [5.41, 5.74) is 1.60. The number of hydrogen-bond acceptors (Lipinski definition) is 4. The molecule has 124 valence electrons. The van der Waals surface area contributed by atoms with Gasteiger partial charge in [-0.1, -0.05) is 60.7 Å². The van der Waals surface area contributed by atoms with Crippen LogP contribution in [0.1, 0.15) is 29.3 Å². The predicted molar refractivity (Wildman–Crippen MR) is 97.2 cm³/mol. The third kappa shape index (κ3) is 5.17. The molecular formula is C20H20O3S. The molecule has 0 aromatic heterocycles. The molecule has 0 amide bonds. The molecule has 4 heteroatoms. The maximum Gasteiger partial charge on any atom is 0.180 e. The van der Waals surface area contributed by atoms with Crippen LogP contribution in [-0.4, -0.2) is 23.1 Å². The molecule has 0 saturated heterocycles. The van der Waals surface area contributed by atoms with Gasteiger partial charge in [-0.25, -0.2) is 0 Å². The first kappa shape index (κ1) is 18.1. The van der Waals surface area contributed by atoms with Crippen molar-refractivity contribution in [3.8, 4) is 0 Å². The van der Waals surface area contributed by atoms with Gasteiger partial charge in [0.25, 0.3) is 0 Å². The quantitative estimate of drug-likeness (QED) is 0.394. The molecule has 0 radical (unpaired) electrons. The number of rotatable bonds is 9. The Bertz CT molecular complexity index is 695. The van der Waals surface area contributed by atoms with Crippen LogP contribution in [0.15, 0.2) is 60.7 Å². The zero-order valence-corrected chi connectivity index (χ0v) is 14.4. The van der Waals surface area contributed by atoms with Gasteiger partial charge in [-0.05, 0) is 12.5 Å². The van der Waals surface area contributed by atoms with Gasteiger partial charge in [0, 0.05) is 23.5 Å². The van der Waals surface area contributed by atoms with E-state index in [1.807, 2.05) is 30.3 Å². The van der Waals surface area contributed by atoms with E-state index in [1.165, 1.54) is 12.5 Å². The Morgan fingerprint density at radius 1 is 0.917 bits per heavy atom. The van der Waals surface area contributed by atoms with E-state index < -0.39 is 11.7 Å². The number of carbonyl (C=O) groups is 3. The van der Waals surface area contributed by atoms with Crippen LogP contribution in [0.25, 0.3) is 0 Å². The lowest BCUT2D eigenvalue weighted by atomic mass is 9.89. The van der Waals surface area contributed by atoms with Crippen LogP contribution in [0, 0.1) is 5.92 Å². The summed E-state index contributed by atoms with van der Waals surface area (Å²) in [4.78, 5) is 36.6. The maximum atomic E-state index is 12.4. The largest absolute Gasteiger partial charge is 0.299 e. The Morgan fingerprint density at radius 2 is 1.50 bits per heavy atom. The average molecular weight is 340 g/mol. The molecule has 1 atom stereocenters. The molecule has 0 fully saturated rings. The van der Waals surface area contributed by atoms with Crippen LogP contribution >= 0.6 is 11.8 Å².